The van der Waals surface area contributed by atoms with E-state index in [2.05, 4.69) is 4.42 Å². The quantitative estimate of drug-likeness (QED) is 0.877. The second kappa shape index (κ2) is 4.19. The molecule has 1 aromatic heterocycles. The third kappa shape index (κ3) is 2.56. The van der Waals surface area contributed by atoms with Crippen molar-refractivity contribution >= 4 is 5.97 Å². The summed E-state index contributed by atoms with van der Waals surface area (Å²) in [5.41, 5.74) is 0. The maximum atomic E-state index is 12.2. The van der Waals surface area contributed by atoms with Crippen LogP contribution in [-0.2, 0) is 11.0 Å². The Hall–Kier alpha value is -1.46. The van der Waals surface area contributed by atoms with Crippen molar-refractivity contribution in [2.24, 2.45) is 5.92 Å². The fourth-order valence-electron chi connectivity index (χ4n) is 1.41. The molecular formula is C10H11F3O3. The number of alkyl halides is 3. The zero-order chi connectivity index (χ0) is 12.5. The highest BCUT2D eigenvalue weighted by Crippen LogP contribution is 2.34. The predicted octanol–water partition coefficient (Wildman–Crippen LogP) is 3.12. The van der Waals surface area contributed by atoms with Crippen LogP contribution < -0.4 is 0 Å². The number of carboxylic acids is 1. The number of carboxylic acid groups (broad SMARTS) is 1. The second-order valence-electron chi connectivity index (χ2n) is 3.76. The van der Waals surface area contributed by atoms with Gasteiger partial charge in [0.2, 0.25) is 5.76 Å². The van der Waals surface area contributed by atoms with Crippen LogP contribution in [-0.4, -0.2) is 11.1 Å². The number of halogens is 3. The fraction of sp³-hybridized carbons (Fsp3) is 0.500. The van der Waals surface area contributed by atoms with Crippen LogP contribution in [0, 0.1) is 5.92 Å². The average Bonchev–Trinajstić information content (AvgIpc) is 2.50. The molecule has 16 heavy (non-hydrogen) atoms. The van der Waals surface area contributed by atoms with Crippen LogP contribution in [0.1, 0.15) is 31.3 Å². The van der Waals surface area contributed by atoms with Gasteiger partial charge in [-0.2, -0.15) is 13.2 Å². The molecule has 0 aliphatic rings. The molecule has 0 amide bonds. The van der Waals surface area contributed by atoms with Crippen molar-refractivity contribution in [2.45, 2.75) is 25.9 Å². The Balaban J connectivity index is 3.04. The predicted molar refractivity (Wildman–Crippen MR) is 48.9 cm³/mol. The molecule has 90 valence electrons. The minimum atomic E-state index is -4.59. The maximum Gasteiger partial charge on any atom is 0.449 e. The summed E-state index contributed by atoms with van der Waals surface area (Å²) in [7, 11) is 0. The van der Waals surface area contributed by atoms with E-state index in [0.29, 0.717) is 0 Å². The van der Waals surface area contributed by atoms with Crippen LogP contribution in [0.3, 0.4) is 0 Å². The third-order valence-electron chi connectivity index (χ3n) is 2.15. The van der Waals surface area contributed by atoms with Gasteiger partial charge in [0.25, 0.3) is 0 Å². The summed E-state index contributed by atoms with van der Waals surface area (Å²) >= 11 is 0. The van der Waals surface area contributed by atoms with Crippen LogP contribution in [0.2, 0.25) is 0 Å². The molecule has 1 heterocycles. The van der Waals surface area contributed by atoms with E-state index in [9.17, 15) is 18.0 Å². The Morgan fingerprint density at radius 1 is 1.38 bits per heavy atom. The average molecular weight is 236 g/mol. The molecule has 1 atom stereocenters. The van der Waals surface area contributed by atoms with Crippen molar-refractivity contribution in [3.05, 3.63) is 23.7 Å². The summed E-state index contributed by atoms with van der Waals surface area (Å²) in [6.45, 7) is 3.21. The standard InChI is InChI=1S/C10H11F3O3/c1-5(2)8(9(14)15)6-3-4-7(16-6)10(11,12)13/h3-5,8H,1-2H3,(H,14,15). The van der Waals surface area contributed by atoms with Gasteiger partial charge < -0.3 is 9.52 Å². The lowest BCUT2D eigenvalue weighted by Crippen LogP contribution is -2.16. The van der Waals surface area contributed by atoms with Crippen molar-refractivity contribution in [3.63, 3.8) is 0 Å². The fourth-order valence-corrected chi connectivity index (χ4v) is 1.41. The lowest BCUT2D eigenvalue weighted by molar-refractivity contribution is -0.154. The molecule has 0 saturated heterocycles. The molecule has 0 aliphatic heterocycles. The monoisotopic (exact) mass is 236 g/mol. The van der Waals surface area contributed by atoms with E-state index < -0.39 is 23.8 Å². The zero-order valence-corrected chi connectivity index (χ0v) is 8.71. The normalized spacial score (nSPS) is 14.1. The molecular weight excluding hydrogens is 225 g/mol. The Kier molecular flexibility index (Phi) is 3.30. The van der Waals surface area contributed by atoms with Gasteiger partial charge in [0.05, 0.1) is 0 Å². The maximum absolute atomic E-state index is 12.2. The lowest BCUT2D eigenvalue weighted by atomic mass is 9.94. The number of furan rings is 1. The first-order valence-corrected chi connectivity index (χ1v) is 4.63. The third-order valence-corrected chi connectivity index (χ3v) is 2.15. The van der Waals surface area contributed by atoms with Gasteiger partial charge in [0, 0.05) is 0 Å². The number of aliphatic carboxylic acids is 1. The second-order valence-corrected chi connectivity index (χ2v) is 3.76. The minimum Gasteiger partial charge on any atom is -0.481 e. The highest BCUT2D eigenvalue weighted by molar-refractivity contribution is 5.75. The molecule has 1 unspecified atom stereocenters. The Bertz CT molecular complexity index is 379. The summed E-state index contributed by atoms with van der Waals surface area (Å²) in [6.07, 6.45) is -4.59. The van der Waals surface area contributed by atoms with Gasteiger partial charge in [-0.15, -0.1) is 0 Å². The summed E-state index contributed by atoms with van der Waals surface area (Å²) in [6, 6.07) is 1.80. The van der Waals surface area contributed by atoms with E-state index >= 15 is 0 Å². The molecule has 1 rings (SSSR count). The number of rotatable bonds is 3. The van der Waals surface area contributed by atoms with Crippen molar-refractivity contribution in [1.29, 1.82) is 0 Å². The molecule has 6 heteroatoms. The van der Waals surface area contributed by atoms with Crippen LogP contribution in [0.15, 0.2) is 16.5 Å². The summed E-state index contributed by atoms with van der Waals surface area (Å²) < 4.78 is 41.2. The Labute approximate surface area is 89.9 Å². The molecule has 0 radical (unpaired) electrons. The number of hydrogen-bond acceptors (Lipinski definition) is 2. The van der Waals surface area contributed by atoms with Gasteiger partial charge in [0.1, 0.15) is 11.7 Å². The number of hydrogen-bond donors (Lipinski definition) is 1. The molecule has 1 aromatic rings. The molecule has 0 spiro atoms. The summed E-state index contributed by atoms with van der Waals surface area (Å²) in [4.78, 5) is 10.9. The lowest BCUT2D eigenvalue weighted by Gasteiger charge is -2.13. The van der Waals surface area contributed by atoms with Crippen molar-refractivity contribution < 1.29 is 27.5 Å². The molecule has 0 fully saturated rings. The van der Waals surface area contributed by atoms with Gasteiger partial charge >= 0.3 is 12.1 Å². The molecule has 3 nitrogen and oxygen atoms in total. The van der Waals surface area contributed by atoms with Gasteiger partial charge in [-0.25, -0.2) is 0 Å². The highest BCUT2D eigenvalue weighted by Gasteiger charge is 2.36. The van der Waals surface area contributed by atoms with Crippen LogP contribution in [0.5, 0.6) is 0 Å². The summed E-state index contributed by atoms with van der Waals surface area (Å²) in [5.74, 6) is -3.94. The van der Waals surface area contributed by atoms with Crippen LogP contribution in [0.4, 0.5) is 13.2 Å². The SMILES string of the molecule is CC(C)C(C(=O)O)c1ccc(C(F)(F)F)o1. The van der Waals surface area contributed by atoms with E-state index in [1.54, 1.807) is 13.8 Å². The molecule has 0 saturated carbocycles. The first-order valence-electron chi connectivity index (χ1n) is 4.63. The largest absolute Gasteiger partial charge is 0.481 e. The first-order chi connectivity index (χ1) is 7.23. The Morgan fingerprint density at radius 3 is 2.25 bits per heavy atom. The minimum absolute atomic E-state index is 0.171. The molecule has 0 bridgehead atoms. The summed E-state index contributed by atoms with van der Waals surface area (Å²) in [5, 5.41) is 8.87. The van der Waals surface area contributed by atoms with Gasteiger partial charge in [-0.1, -0.05) is 13.8 Å². The number of carbonyl (C=O) groups is 1. The van der Waals surface area contributed by atoms with Crippen molar-refractivity contribution in [3.8, 4) is 0 Å². The molecule has 0 aromatic carbocycles. The van der Waals surface area contributed by atoms with Crippen molar-refractivity contribution in [2.75, 3.05) is 0 Å². The van der Waals surface area contributed by atoms with E-state index in [1.807, 2.05) is 0 Å². The van der Waals surface area contributed by atoms with Gasteiger partial charge in [-0.3, -0.25) is 4.79 Å². The van der Waals surface area contributed by atoms with Crippen LogP contribution >= 0.6 is 0 Å². The Morgan fingerprint density at radius 2 is 1.94 bits per heavy atom. The highest BCUT2D eigenvalue weighted by atomic mass is 19.4. The van der Waals surface area contributed by atoms with E-state index in [0.717, 1.165) is 12.1 Å². The topological polar surface area (TPSA) is 50.4 Å². The van der Waals surface area contributed by atoms with Gasteiger partial charge in [0.15, 0.2) is 0 Å². The van der Waals surface area contributed by atoms with E-state index in [4.69, 9.17) is 5.11 Å². The van der Waals surface area contributed by atoms with E-state index in [-0.39, 0.29) is 11.7 Å². The molecule has 0 aliphatic carbocycles. The van der Waals surface area contributed by atoms with Gasteiger partial charge in [-0.05, 0) is 18.1 Å². The first kappa shape index (κ1) is 12.6. The zero-order valence-electron chi connectivity index (χ0n) is 8.71. The molecule has 1 N–H and O–H groups in total. The van der Waals surface area contributed by atoms with E-state index in [1.165, 1.54) is 0 Å². The van der Waals surface area contributed by atoms with Crippen molar-refractivity contribution in [1.82, 2.24) is 0 Å². The smallest absolute Gasteiger partial charge is 0.449 e. The van der Waals surface area contributed by atoms with Crippen LogP contribution in [0.25, 0.3) is 0 Å².